The van der Waals surface area contributed by atoms with Crippen LogP contribution in [0.5, 0.6) is 0 Å². The molecule has 2 heterocycles. The van der Waals surface area contributed by atoms with Crippen molar-refractivity contribution < 1.29 is 0 Å². The largest absolute Gasteiger partial charge is 0.316 e. The van der Waals surface area contributed by atoms with Crippen molar-refractivity contribution in [2.75, 3.05) is 32.7 Å². The van der Waals surface area contributed by atoms with Crippen molar-refractivity contribution in [1.82, 2.24) is 10.2 Å². The van der Waals surface area contributed by atoms with Crippen LogP contribution in [0.4, 0.5) is 0 Å². The highest BCUT2D eigenvalue weighted by atomic mass is 15.1. The molecular formula is C13H25N2. The van der Waals surface area contributed by atoms with Crippen LogP contribution in [0.3, 0.4) is 0 Å². The van der Waals surface area contributed by atoms with Crippen molar-refractivity contribution in [3.8, 4) is 0 Å². The van der Waals surface area contributed by atoms with E-state index < -0.39 is 0 Å². The maximum absolute atomic E-state index is 4.01. The molecule has 2 heteroatoms. The summed E-state index contributed by atoms with van der Waals surface area (Å²) in [6, 6.07) is 0. The molecule has 2 fully saturated rings. The molecule has 1 radical (unpaired) electrons. The summed E-state index contributed by atoms with van der Waals surface area (Å²) in [5.41, 5.74) is 0. The van der Waals surface area contributed by atoms with Gasteiger partial charge in [-0.15, -0.1) is 0 Å². The quantitative estimate of drug-likeness (QED) is 0.744. The van der Waals surface area contributed by atoms with Gasteiger partial charge in [-0.05, 0) is 70.2 Å². The monoisotopic (exact) mass is 209 g/mol. The Bertz CT molecular complexity index is 169. The lowest BCUT2D eigenvalue weighted by atomic mass is 9.93. The van der Waals surface area contributed by atoms with Crippen LogP contribution in [0, 0.1) is 18.8 Å². The Kier molecular flexibility index (Phi) is 4.45. The van der Waals surface area contributed by atoms with Gasteiger partial charge in [0.15, 0.2) is 0 Å². The van der Waals surface area contributed by atoms with Gasteiger partial charge in [-0.2, -0.15) is 0 Å². The van der Waals surface area contributed by atoms with Crippen LogP contribution >= 0.6 is 0 Å². The summed E-state index contributed by atoms with van der Waals surface area (Å²) in [6.07, 6.45) is 6.74. The third-order valence-electron chi connectivity index (χ3n) is 4.07. The predicted octanol–water partition coefficient (Wildman–Crippen LogP) is 1.92. The van der Waals surface area contributed by atoms with Crippen LogP contribution in [-0.2, 0) is 0 Å². The number of rotatable bonds is 5. The van der Waals surface area contributed by atoms with E-state index in [1.165, 1.54) is 58.4 Å². The van der Waals surface area contributed by atoms with Gasteiger partial charge in [-0.3, -0.25) is 0 Å². The van der Waals surface area contributed by atoms with E-state index >= 15 is 0 Å². The standard InChI is InChI=1S/C13H25N2/c1-2-12-5-8-15(9-6-12)7-3-4-13-10-14-11-13/h12-14H,1-11H2. The van der Waals surface area contributed by atoms with Gasteiger partial charge in [0, 0.05) is 0 Å². The summed E-state index contributed by atoms with van der Waals surface area (Å²) in [6.45, 7) is 10.5. The number of hydrogen-bond acceptors (Lipinski definition) is 2. The fourth-order valence-corrected chi connectivity index (χ4v) is 2.65. The van der Waals surface area contributed by atoms with Gasteiger partial charge in [-0.25, -0.2) is 0 Å². The van der Waals surface area contributed by atoms with Crippen LogP contribution in [-0.4, -0.2) is 37.6 Å². The molecule has 0 aromatic rings. The summed E-state index contributed by atoms with van der Waals surface area (Å²) >= 11 is 0. The number of nitrogens with one attached hydrogen (secondary N) is 1. The number of nitrogens with zero attached hydrogens (tertiary/aromatic N) is 1. The maximum atomic E-state index is 4.01. The smallest absolute Gasteiger partial charge is 0.000825 e. The second-order valence-electron chi connectivity index (χ2n) is 5.24. The lowest BCUT2D eigenvalue weighted by Gasteiger charge is -2.32. The highest BCUT2D eigenvalue weighted by Crippen LogP contribution is 2.20. The average Bonchev–Trinajstić information content (AvgIpc) is 2.23. The van der Waals surface area contributed by atoms with Gasteiger partial charge < -0.3 is 10.2 Å². The first-order valence-electron chi connectivity index (χ1n) is 6.61. The summed E-state index contributed by atoms with van der Waals surface area (Å²) in [4.78, 5) is 2.65. The summed E-state index contributed by atoms with van der Waals surface area (Å²) in [5.74, 6) is 1.90. The van der Waals surface area contributed by atoms with Crippen LogP contribution in [0.2, 0.25) is 0 Å². The highest BCUT2D eigenvalue weighted by Gasteiger charge is 2.19. The molecule has 2 saturated heterocycles. The molecule has 0 amide bonds. The van der Waals surface area contributed by atoms with Crippen molar-refractivity contribution >= 4 is 0 Å². The Morgan fingerprint density at radius 2 is 1.87 bits per heavy atom. The summed E-state index contributed by atoms with van der Waals surface area (Å²) < 4.78 is 0. The second-order valence-corrected chi connectivity index (χ2v) is 5.24. The minimum atomic E-state index is 0.914. The van der Waals surface area contributed by atoms with Crippen LogP contribution in [0.1, 0.15) is 32.1 Å². The van der Waals surface area contributed by atoms with Crippen LogP contribution in [0.15, 0.2) is 0 Å². The highest BCUT2D eigenvalue weighted by molar-refractivity contribution is 4.76. The Balaban J connectivity index is 1.52. The molecule has 0 aliphatic carbocycles. The molecule has 0 spiro atoms. The van der Waals surface area contributed by atoms with Crippen molar-refractivity contribution in [2.24, 2.45) is 11.8 Å². The lowest BCUT2D eigenvalue weighted by molar-refractivity contribution is 0.176. The molecule has 15 heavy (non-hydrogen) atoms. The summed E-state index contributed by atoms with van der Waals surface area (Å²) in [7, 11) is 0. The molecule has 2 nitrogen and oxygen atoms in total. The van der Waals surface area contributed by atoms with Gasteiger partial charge in [0.2, 0.25) is 0 Å². The summed E-state index contributed by atoms with van der Waals surface area (Å²) in [5, 5.41) is 3.34. The molecule has 0 atom stereocenters. The van der Waals surface area contributed by atoms with E-state index in [0.29, 0.717) is 0 Å². The van der Waals surface area contributed by atoms with E-state index in [2.05, 4.69) is 17.1 Å². The minimum absolute atomic E-state index is 0.914. The predicted molar refractivity (Wildman–Crippen MR) is 64.7 cm³/mol. The third kappa shape index (κ3) is 3.46. The molecule has 1 N–H and O–H groups in total. The molecule has 0 aromatic heterocycles. The topological polar surface area (TPSA) is 15.3 Å². The lowest BCUT2D eigenvalue weighted by Crippen LogP contribution is -2.42. The second kappa shape index (κ2) is 5.86. The van der Waals surface area contributed by atoms with Gasteiger partial charge in [0.1, 0.15) is 0 Å². The molecular weight excluding hydrogens is 184 g/mol. The van der Waals surface area contributed by atoms with Gasteiger partial charge in [0.05, 0.1) is 0 Å². The minimum Gasteiger partial charge on any atom is -0.316 e. The average molecular weight is 209 g/mol. The molecule has 0 aromatic carbocycles. The van der Waals surface area contributed by atoms with Crippen LogP contribution < -0.4 is 5.32 Å². The van der Waals surface area contributed by atoms with Crippen molar-refractivity contribution in [2.45, 2.75) is 32.1 Å². The first-order chi connectivity index (χ1) is 7.38. The molecule has 0 bridgehead atoms. The molecule has 2 aliphatic rings. The maximum Gasteiger partial charge on any atom is -0.000825 e. The molecule has 2 rings (SSSR count). The van der Waals surface area contributed by atoms with Crippen LogP contribution in [0.25, 0.3) is 0 Å². The van der Waals surface area contributed by atoms with Crippen molar-refractivity contribution in [3.05, 3.63) is 6.92 Å². The van der Waals surface area contributed by atoms with Crippen molar-refractivity contribution in [1.29, 1.82) is 0 Å². The van der Waals surface area contributed by atoms with Gasteiger partial charge >= 0.3 is 0 Å². The zero-order valence-corrected chi connectivity index (χ0v) is 9.88. The fraction of sp³-hybridized carbons (Fsp3) is 0.923. The molecule has 2 aliphatic heterocycles. The van der Waals surface area contributed by atoms with E-state index in [4.69, 9.17) is 0 Å². The molecule has 87 valence electrons. The SMILES string of the molecule is [CH2]CC1CCN(CCCC2CNC2)CC1. The van der Waals surface area contributed by atoms with E-state index in [1.807, 2.05) is 0 Å². The van der Waals surface area contributed by atoms with Gasteiger partial charge in [-0.1, -0.05) is 13.3 Å². The van der Waals surface area contributed by atoms with E-state index in [-0.39, 0.29) is 0 Å². The zero-order chi connectivity index (χ0) is 10.5. The third-order valence-corrected chi connectivity index (χ3v) is 4.07. The molecule has 0 unspecified atom stereocenters. The first kappa shape index (κ1) is 11.4. The molecule has 0 saturated carbocycles. The number of piperidine rings is 1. The fourth-order valence-electron chi connectivity index (χ4n) is 2.65. The zero-order valence-electron chi connectivity index (χ0n) is 9.88. The van der Waals surface area contributed by atoms with Crippen molar-refractivity contribution in [3.63, 3.8) is 0 Å². The Hall–Kier alpha value is -0.0800. The normalized spacial score (nSPS) is 25.4. The number of hydrogen-bond donors (Lipinski definition) is 1. The van der Waals surface area contributed by atoms with Gasteiger partial charge in [0.25, 0.3) is 0 Å². The Morgan fingerprint density at radius 1 is 1.13 bits per heavy atom. The van der Waals surface area contributed by atoms with E-state index in [0.717, 1.165) is 18.3 Å². The number of likely N-dealkylation sites (tertiary alicyclic amines) is 1. The van der Waals surface area contributed by atoms with E-state index in [9.17, 15) is 0 Å². The van der Waals surface area contributed by atoms with E-state index in [1.54, 1.807) is 0 Å². The first-order valence-corrected chi connectivity index (χ1v) is 6.61. The Labute approximate surface area is 94.4 Å². The Morgan fingerprint density at radius 3 is 2.40 bits per heavy atom.